The number of aromatic nitrogens is 4. The van der Waals surface area contributed by atoms with Crippen LogP contribution in [0.4, 0.5) is 11.8 Å². The van der Waals surface area contributed by atoms with Crippen molar-refractivity contribution in [3.8, 4) is 0 Å². The molecule has 0 aromatic carbocycles. The van der Waals surface area contributed by atoms with Crippen LogP contribution in [0.5, 0.6) is 0 Å². The summed E-state index contributed by atoms with van der Waals surface area (Å²) in [5.74, 6) is 1.80. The molecule has 1 fully saturated rings. The van der Waals surface area contributed by atoms with Crippen LogP contribution >= 0.6 is 0 Å². The van der Waals surface area contributed by atoms with Gasteiger partial charge in [-0.1, -0.05) is 6.07 Å². The fourth-order valence-corrected chi connectivity index (χ4v) is 3.50. The fourth-order valence-electron chi connectivity index (χ4n) is 3.50. The van der Waals surface area contributed by atoms with Gasteiger partial charge in [-0.2, -0.15) is 0 Å². The molecule has 0 radical (unpaired) electrons. The Labute approximate surface area is 159 Å². The summed E-state index contributed by atoms with van der Waals surface area (Å²) in [6.07, 6.45) is 9.73. The van der Waals surface area contributed by atoms with Crippen LogP contribution in [0.2, 0.25) is 0 Å². The normalized spacial score (nSPS) is 17.6. The largest absolute Gasteiger partial charge is 0.309 e. The van der Waals surface area contributed by atoms with Crippen LogP contribution in [0, 0.1) is 6.92 Å². The second-order valence-corrected chi connectivity index (χ2v) is 7.08. The molecule has 27 heavy (non-hydrogen) atoms. The van der Waals surface area contributed by atoms with E-state index in [0.29, 0.717) is 11.9 Å². The quantitative estimate of drug-likeness (QED) is 0.748. The number of anilines is 2. The molecule has 0 saturated carbocycles. The van der Waals surface area contributed by atoms with Crippen molar-refractivity contribution in [2.45, 2.75) is 32.2 Å². The average Bonchev–Trinajstić information content (AvgIpc) is 2.71. The van der Waals surface area contributed by atoms with Crippen LogP contribution in [0.3, 0.4) is 0 Å². The molecule has 4 heterocycles. The molecule has 1 N–H and O–H groups in total. The molecule has 3 aromatic heterocycles. The zero-order valence-corrected chi connectivity index (χ0v) is 15.5. The number of hydrogen-bond acceptors (Lipinski definition) is 6. The monoisotopic (exact) mass is 360 g/mol. The first kappa shape index (κ1) is 17.5. The van der Waals surface area contributed by atoms with Crippen molar-refractivity contribution >= 4 is 11.8 Å². The lowest BCUT2D eigenvalue weighted by molar-refractivity contribution is 0.198. The first-order chi connectivity index (χ1) is 13.3. The van der Waals surface area contributed by atoms with Crippen LogP contribution in [0.25, 0.3) is 0 Å². The smallest absolute Gasteiger partial charge is 0.228 e. The van der Waals surface area contributed by atoms with E-state index in [1.807, 2.05) is 49.9 Å². The number of pyridine rings is 2. The molecule has 0 aliphatic carbocycles. The predicted octanol–water partition coefficient (Wildman–Crippen LogP) is 3.70. The molecular formula is C21H24N6. The fraction of sp³-hybridized carbons (Fsp3) is 0.333. The molecular weight excluding hydrogens is 336 g/mol. The van der Waals surface area contributed by atoms with E-state index in [0.717, 1.165) is 43.1 Å². The van der Waals surface area contributed by atoms with Crippen LogP contribution in [-0.2, 0) is 6.54 Å². The molecule has 4 rings (SSSR count). The van der Waals surface area contributed by atoms with Crippen molar-refractivity contribution in [1.29, 1.82) is 0 Å². The molecule has 1 unspecified atom stereocenters. The van der Waals surface area contributed by atoms with Crippen molar-refractivity contribution in [2.24, 2.45) is 0 Å². The summed E-state index contributed by atoms with van der Waals surface area (Å²) in [5.41, 5.74) is 3.53. The molecule has 1 aliphatic heterocycles. The number of nitrogens with zero attached hydrogens (tertiary/aromatic N) is 5. The summed E-state index contributed by atoms with van der Waals surface area (Å²) < 4.78 is 0. The van der Waals surface area contributed by atoms with Gasteiger partial charge in [0.05, 0.1) is 5.69 Å². The highest BCUT2D eigenvalue weighted by atomic mass is 15.2. The minimum Gasteiger partial charge on any atom is -0.309 e. The minimum absolute atomic E-state index is 0.426. The lowest BCUT2D eigenvalue weighted by atomic mass is 9.94. The molecule has 3 aromatic rings. The molecule has 6 nitrogen and oxygen atoms in total. The van der Waals surface area contributed by atoms with Gasteiger partial charge in [0.25, 0.3) is 0 Å². The molecule has 138 valence electrons. The van der Waals surface area contributed by atoms with E-state index < -0.39 is 0 Å². The Morgan fingerprint density at radius 3 is 2.78 bits per heavy atom. The highest BCUT2D eigenvalue weighted by molar-refractivity contribution is 5.47. The summed E-state index contributed by atoms with van der Waals surface area (Å²) in [6, 6.07) is 10.2. The highest BCUT2D eigenvalue weighted by Crippen LogP contribution is 2.27. The molecule has 1 atom stereocenters. The number of aryl methyl sites for hydroxylation is 1. The lowest BCUT2D eigenvalue weighted by Gasteiger charge is -2.32. The Morgan fingerprint density at radius 1 is 1.07 bits per heavy atom. The van der Waals surface area contributed by atoms with Crippen LogP contribution < -0.4 is 5.32 Å². The standard InChI is InChI=1S/C21H24N6/c1-16-4-5-20(24-13-16)26-21-23-11-8-19(25-21)18-3-2-12-27(15-18)14-17-6-9-22-10-7-17/h4-11,13,18H,2-3,12,14-15H2,1H3,(H,23,24,25,26). The Kier molecular flexibility index (Phi) is 5.34. The molecule has 6 heteroatoms. The van der Waals surface area contributed by atoms with Crippen molar-refractivity contribution in [2.75, 3.05) is 18.4 Å². The van der Waals surface area contributed by atoms with E-state index in [2.05, 4.69) is 37.3 Å². The first-order valence-corrected chi connectivity index (χ1v) is 9.40. The molecule has 0 amide bonds. The zero-order valence-electron chi connectivity index (χ0n) is 15.5. The van der Waals surface area contributed by atoms with Gasteiger partial charge in [-0.15, -0.1) is 0 Å². The van der Waals surface area contributed by atoms with E-state index in [9.17, 15) is 0 Å². The van der Waals surface area contributed by atoms with Gasteiger partial charge < -0.3 is 5.32 Å². The van der Waals surface area contributed by atoms with Gasteiger partial charge >= 0.3 is 0 Å². The summed E-state index contributed by atoms with van der Waals surface area (Å²) in [4.78, 5) is 20.1. The Hall–Kier alpha value is -2.86. The van der Waals surface area contributed by atoms with Gasteiger partial charge in [-0.3, -0.25) is 9.88 Å². The summed E-state index contributed by atoms with van der Waals surface area (Å²) in [5, 5.41) is 3.21. The SMILES string of the molecule is Cc1ccc(Nc2nccc(C3CCCN(Cc4ccncc4)C3)n2)nc1. The van der Waals surface area contributed by atoms with Crippen molar-refractivity contribution in [3.05, 3.63) is 71.9 Å². The molecule has 1 aliphatic rings. The van der Waals surface area contributed by atoms with E-state index in [4.69, 9.17) is 4.98 Å². The second kappa shape index (κ2) is 8.22. The third-order valence-electron chi connectivity index (χ3n) is 4.91. The van der Waals surface area contributed by atoms with Crippen LogP contribution in [0.1, 0.15) is 35.6 Å². The van der Waals surface area contributed by atoms with E-state index in [1.165, 1.54) is 12.0 Å². The van der Waals surface area contributed by atoms with Gasteiger partial charge in [-0.05, 0) is 61.7 Å². The maximum atomic E-state index is 4.76. The third-order valence-corrected chi connectivity index (χ3v) is 4.91. The predicted molar refractivity (Wildman–Crippen MR) is 106 cm³/mol. The van der Waals surface area contributed by atoms with Gasteiger partial charge in [0.1, 0.15) is 5.82 Å². The number of piperidine rings is 1. The maximum Gasteiger partial charge on any atom is 0.228 e. The van der Waals surface area contributed by atoms with Crippen LogP contribution in [0.15, 0.2) is 55.1 Å². The number of likely N-dealkylation sites (tertiary alicyclic amines) is 1. The van der Waals surface area contributed by atoms with Gasteiger partial charge in [0.2, 0.25) is 5.95 Å². The van der Waals surface area contributed by atoms with Gasteiger partial charge in [-0.25, -0.2) is 15.0 Å². The number of hydrogen-bond donors (Lipinski definition) is 1. The van der Waals surface area contributed by atoms with Crippen LogP contribution in [-0.4, -0.2) is 37.9 Å². The summed E-state index contributed by atoms with van der Waals surface area (Å²) >= 11 is 0. The zero-order chi connectivity index (χ0) is 18.5. The van der Waals surface area contributed by atoms with Crippen molar-refractivity contribution in [1.82, 2.24) is 24.8 Å². The maximum absolute atomic E-state index is 4.76. The highest BCUT2D eigenvalue weighted by Gasteiger charge is 2.22. The van der Waals surface area contributed by atoms with E-state index >= 15 is 0 Å². The van der Waals surface area contributed by atoms with Gasteiger partial charge in [0, 0.05) is 43.8 Å². The lowest BCUT2D eigenvalue weighted by Crippen LogP contribution is -2.34. The third kappa shape index (κ3) is 4.65. The van der Waals surface area contributed by atoms with Gasteiger partial charge in [0.15, 0.2) is 0 Å². The molecule has 1 saturated heterocycles. The average molecular weight is 360 g/mol. The molecule has 0 bridgehead atoms. The first-order valence-electron chi connectivity index (χ1n) is 9.40. The second-order valence-electron chi connectivity index (χ2n) is 7.08. The van der Waals surface area contributed by atoms with Crippen molar-refractivity contribution in [3.63, 3.8) is 0 Å². The van der Waals surface area contributed by atoms with E-state index in [-0.39, 0.29) is 0 Å². The van der Waals surface area contributed by atoms with E-state index in [1.54, 1.807) is 0 Å². The topological polar surface area (TPSA) is 66.8 Å². The number of nitrogens with one attached hydrogen (secondary N) is 1. The Bertz CT molecular complexity index is 865. The molecule has 0 spiro atoms. The van der Waals surface area contributed by atoms with Crippen molar-refractivity contribution < 1.29 is 0 Å². The summed E-state index contributed by atoms with van der Waals surface area (Å²) in [7, 11) is 0. The minimum atomic E-state index is 0.426. The Balaban J connectivity index is 1.43. The number of rotatable bonds is 5. The summed E-state index contributed by atoms with van der Waals surface area (Å²) in [6.45, 7) is 5.13. The Morgan fingerprint density at radius 2 is 1.96 bits per heavy atom.